The highest BCUT2D eigenvalue weighted by Crippen LogP contribution is 2.23. The monoisotopic (exact) mass is 405 g/mol. The van der Waals surface area contributed by atoms with Crippen LogP contribution in [0, 0.1) is 5.92 Å². The molecule has 1 heterocycles. The molecular weight excluding hydrogens is 374 g/mol. The van der Waals surface area contributed by atoms with Crippen molar-refractivity contribution in [2.24, 2.45) is 5.92 Å². The summed E-state index contributed by atoms with van der Waals surface area (Å²) in [5.41, 5.74) is 0.835. The number of hydrogen-bond donors (Lipinski definition) is 1. The quantitative estimate of drug-likeness (QED) is 0.822. The van der Waals surface area contributed by atoms with Crippen LogP contribution >= 0.6 is 0 Å². The van der Waals surface area contributed by atoms with Crippen LogP contribution in [-0.4, -0.2) is 55.8 Å². The number of carbonyl (C=O) groups is 3. The molecule has 0 aromatic heterocycles. The van der Waals surface area contributed by atoms with Gasteiger partial charge in [0.15, 0.2) is 0 Å². The number of carbonyl (C=O) groups excluding carboxylic acids is 3. The molecule has 8 heteroatoms. The minimum atomic E-state index is -0.505. The summed E-state index contributed by atoms with van der Waals surface area (Å²) in [5, 5.41) is 2.88. The Kier molecular flexibility index (Phi) is 7.47. The molecule has 29 heavy (non-hydrogen) atoms. The van der Waals surface area contributed by atoms with Gasteiger partial charge in [-0.25, -0.2) is 9.59 Å². The lowest BCUT2D eigenvalue weighted by atomic mass is 9.93. The second-order valence-corrected chi connectivity index (χ2v) is 8.24. The van der Waals surface area contributed by atoms with Gasteiger partial charge in [0.25, 0.3) is 0 Å². The van der Waals surface area contributed by atoms with E-state index in [1.807, 2.05) is 20.8 Å². The fourth-order valence-electron chi connectivity index (χ4n) is 3.13. The molecule has 0 unspecified atom stereocenters. The Bertz CT molecular complexity index is 719. The van der Waals surface area contributed by atoms with Gasteiger partial charge in [0.1, 0.15) is 5.60 Å². The van der Waals surface area contributed by atoms with Crippen LogP contribution in [0.1, 0.15) is 40.0 Å². The Hall–Kier alpha value is -2.77. The summed E-state index contributed by atoms with van der Waals surface area (Å²) in [6, 6.07) is 6.98. The van der Waals surface area contributed by atoms with Gasteiger partial charge in [-0.1, -0.05) is 0 Å². The van der Waals surface area contributed by atoms with E-state index in [0.29, 0.717) is 30.9 Å². The molecule has 1 N–H and O–H groups in total. The molecular formula is C21H31N3O5. The van der Waals surface area contributed by atoms with Crippen molar-refractivity contribution in [2.45, 2.75) is 45.6 Å². The minimum absolute atomic E-state index is 0.0604. The van der Waals surface area contributed by atoms with E-state index >= 15 is 0 Å². The lowest BCUT2D eigenvalue weighted by Gasteiger charge is -2.33. The average Bonchev–Trinajstić information content (AvgIpc) is 2.66. The molecule has 0 spiro atoms. The third kappa shape index (κ3) is 6.96. The normalized spacial score (nSPS) is 14.9. The van der Waals surface area contributed by atoms with Crippen molar-refractivity contribution in [3.63, 3.8) is 0 Å². The molecule has 3 amide bonds. The first-order valence-corrected chi connectivity index (χ1v) is 9.78. The van der Waals surface area contributed by atoms with Gasteiger partial charge in [0.2, 0.25) is 5.91 Å². The number of likely N-dealkylation sites (tertiary alicyclic amines) is 1. The van der Waals surface area contributed by atoms with Crippen molar-refractivity contribution >= 4 is 29.5 Å². The first-order chi connectivity index (χ1) is 13.6. The summed E-state index contributed by atoms with van der Waals surface area (Å²) in [6.45, 7) is 6.74. The number of nitrogens with one attached hydrogen (secondary N) is 1. The number of benzene rings is 1. The molecule has 2 rings (SSSR count). The second-order valence-electron chi connectivity index (χ2n) is 8.24. The molecule has 0 radical (unpaired) electrons. The van der Waals surface area contributed by atoms with Crippen LogP contribution in [0.15, 0.2) is 24.3 Å². The van der Waals surface area contributed by atoms with Crippen molar-refractivity contribution in [3.8, 4) is 0 Å². The molecule has 0 bridgehead atoms. The molecule has 8 nitrogen and oxygen atoms in total. The Balaban J connectivity index is 1.79. The van der Waals surface area contributed by atoms with Crippen LogP contribution in [0.5, 0.6) is 0 Å². The minimum Gasteiger partial charge on any atom is -0.452 e. The van der Waals surface area contributed by atoms with Gasteiger partial charge in [-0.15, -0.1) is 0 Å². The van der Waals surface area contributed by atoms with Crippen LogP contribution in [0.4, 0.5) is 21.0 Å². The molecule has 1 aliphatic heterocycles. The maximum atomic E-state index is 12.4. The fourth-order valence-corrected chi connectivity index (χ4v) is 3.13. The summed E-state index contributed by atoms with van der Waals surface area (Å²) >= 11 is 0. The van der Waals surface area contributed by atoms with E-state index in [-0.39, 0.29) is 17.9 Å². The van der Waals surface area contributed by atoms with Crippen LogP contribution in [-0.2, 0) is 14.3 Å². The van der Waals surface area contributed by atoms with E-state index in [4.69, 9.17) is 4.74 Å². The largest absolute Gasteiger partial charge is 0.452 e. The van der Waals surface area contributed by atoms with Gasteiger partial charge in [-0.3, -0.25) is 9.69 Å². The zero-order valence-corrected chi connectivity index (χ0v) is 17.9. The molecule has 0 atom stereocenters. The van der Waals surface area contributed by atoms with Crippen molar-refractivity contribution in [1.82, 2.24) is 4.90 Å². The van der Waals surface area contributed by atoms with Crippen molar-refractivity contribution in [1.29, 1.82) is 0 Å². The van der Waals surface area contributed by atoms with Crippen LogP contribution in [0.3, 0.4) is 0 Å². The molecule has 0 aliphatic carbocycles. The molecule has 160 valence electrons. The molecule has 1 aromatic rings. The first-order valence-electron chi connectivity index (χ1n) is 9.78. The first kappa shape index (κ1) is 22.5. The van der Waals surface area contributed by atoms with Crippen LogP contribution in [0.25, 0.3) is 0 Å². The zero-order valence-electron chi connectivity index (χ0n) is 17.9. The lowest BCUT2D eigenvalue weighted by Crippen LogP contribution is -2.42. The predicted octanol–water partition coefficient (Wildman–Crippen LogP) is 3.86. The van der Waals surface area contributed by atoms with Crippen LogP contribution in [0.2, 0.25) is 0 Å². The zero-order chi connectivity index (χ0) is 21.6. The standard InChI is InChI=1S/C21H31N3O5/c1-21(2,3)29-20(27)24-12-10-15(11-13-24)14-18(25)22-16-6-8-17(9-7-16)23(4)19(26)28-5/h6-9,15H,10-14H2,1-5H3,(H,22,25). The number of methoxy groups -OCH3 is 1. The number of ether oxygens (including phenoxy) is 2. The lowest BCUT2D eigenvalue weighted by molar-refractivity contribution is -0.117. The summed E-state index contributed by atoms with van der Waals surface area (Å²) in [6.07, 6.45) is 1.20. The summed E-state index contributed by atoms with van der Waals surface area (Å²) < 4.78 is 10.1. The van der Waals surface area contributed by atoms with Gasteiger partial charge in [0, 0.05) is 37.9 Å². The topological polar surface area (TPSA) is 88.2 Å². The van der Waals surface area contributed by atoms with Crippen molar-refractivity contribution in [3.05, 3.63) is 24.3 Å². The molecule has 1 saturated heterocycles. The second kappa shape index (κ2) is 9.62. The highest BCUT2D eigenvalue weighted by Gasteiger charge is 2.27. The Morgan fingerprint density at radius 3 is 2.24 bits per heavy atom. The number of anilines is 2. The average molecular weight is 405 g/mol. The van der Waals surface area contributed by atoms with Crippen molar-refractivity contribution in [2.75, 3.05) is 37.5 Å². The summed E-state index contributed by atoms with van der Waals surface area (Å²) in [5.74, 6) is 0.174. The number of hydrogen-bond acceptors (Lipinski definition) is 5. The Morgan fingerprint density at radius 1 is 1.14 bits per heavy atom. The SMILES string of the molecule is COC(=O)N(C)c1ccc(NC(=O)CC2CCN(C(=O)OC(C)(C)C)CC2)cc1. The van der Waals surface area contributed by atoms with E-state index in [9.17, 15) is 14.4 Å². The van der Waals surface area contributed by atoms with Crippen molar-refractivity contribution < 1.29 is 23.9 Å². The maximum Gasteiger partial charge on any atom is 0.413 e. The van der Waals surface area contributed by atoms with Gasteiger partial charge in [0.05, 0.1) is 7.11 Å². The van der Waals surface area contributed by atoms with E-state index in [1.54, 1.807) is 36.2 Å². The smallest absolute Gasteiger partial charge is 0.413 e. The Morgan fingerprint density at radius 2 is 1.72 bits per heavy atom. The van der Waals surface area contributed by atoms with E-state index < -0.39 is 11.7 Å². The number of nitrogens with zero attached hydrogens (tertiary/aromatic N) is 2. The Labute approximate surface area is 172 Å². The molecule has 1 fully saturated rings. The number of piperidine rings is 1. The number of rotatable bonds is 4. The number of amides is 3. The van der Waals surface area contributed by atoms with Gasteiger partial charge < -0.3 is 19.7 Å². The van der Waals surface area contributed by atoms with Gasteiger partial charge in [-0.05, 0) is 63.8 Å². The third-order valence-corrected chi connectivity index (χ3v) is 4.73. The fraction of sp³-hybridized carbons (Fsp3) is 0.571. The highest BCUT2D eigenvalue weighted by molar-refractivity contribution is 5.92. The maximum absolute atomic E-state index is 12.4. The molecule has 0 saturated carbocycles. The molecule has 1 aromatic carbocycles. The van der Waals surface area contributed by atoms with Gasteiger partial charge >= 0.3 is 12.2 Å². The van der Waals surface area contributed by atoms with E-state index in [2.05, 4.69) is 10.1 Å². The summed E-state index contributed by atoms with van der Waals surface area (Å²) in [7, 11) is 2.94. The van der Waals surface area contributed by atoms with E-state index in [0.717, 1.165) is 12.8 Å². The predicted molar refractivity (Wildman–Crippen MR) is 111 cm³/mol. The molecule has 1 aliphatic rings. The van der Waals surface area contributed by atoms with Crippen LogP contribution < -0.4 is 10.2 Å². The highest BCUT2D eigenvalue weighted by atomic mass is 16.6. The third-order valence-electron chi connectivity index (χ3n) is 4.73. The summed E-state index contributed by atoms with van der Waals surface area (Å²) in [4.78, 5) is 39.1. The van der Waals surface area contributed by atoms with Gasteiger partial charge in [-0.2, -0.15) is 0 Å². The van der Waals surface area contributed by atoms with E-state index in [1.165, 1.54) is 12.0 Å².